The molecule has 2 rings (SSSR count). The summed E-state index contributed by atoms with van der Waals surface area (Å²) in [5, 5.41) is 11.4. The van der Waals surface area contributed by atoms with Crippen LogP contribution in [0.2, 0.25) is 0 Å². The molecule has 0 heterocycles. The average molecular weight is 312 g/mol. The number of carboxylic acids is 1. The van der Waals surface area contributed by atoms with Gasteiger partial charge in [-0.2, -0.15) is 0 Å². The van der Waals surface area contributed by atoms with Gasteiger partial charge < -0.3 is 10.4 Å². The second-order valence-corrected chi connectivity index (χ2v) is 6.95. The number of rotatable bonds is 5. The molecule has 114 valence electrons. The van der Waals surface area contributed by atoms with E-state index in [1.54, 1.807) is 25.1 Å². The lowest BCUT2D eigenvalue weighted by Crippen LogP contribution is -2.19. The maximum atomic E-state index is 12.0. The molecule has 1 aromatic rings. The quantitative estimate of drug-likeness (QED) is 0.751. The number of anilines is 2. The van der Waals surface area contributed by atoms with Gasteiger partial charge in [0.1, 0.15) is 0 Å². The van der Waals surface area contributed by atoms with Gasteiger partial charge in [0.05, 0.1) is 29.5 Å². The van der Waals surface area contributed by atoms with Gasteiger partial charge in [-0.3, -0.25) is 14.3 Å². The zero-order valence-corrected chi connectivity index (χ0v) is 12.4. The minimum atomic E-state index is -3.47. The van der Waals surface area contributed by atoms with E-state index >= 15 is 0 Å². The summed E-state index contributed by atoms with van der Waals surface area (Å²) in [5.74, 6) is -2.62. The minimum Gasteiger partial charge on any atom is -0.481 e. The van der Waals surface area contributed by atoms with Crippen molar-refractivity contribution in [2.75, 3.05) is 16.3 Å². The summed E-state index contributed by atoms with van der Waals surface area (Å²) >= 11 is 0. The monoisotopic (exact) mass is 312 g/mol. The maximum absolute atomic E-state index is 12.0. The maximum Gasteiger partial charge on any atom is 0.307 e. The van der Waals surface area contributed by atoms with E-state index < -0.39 is 33.7 Å². The number of carboxylic acid groups (broad SMARTS) is 1. The third-order valence-corrected chi connectivity index (χ3v) is 3.76. The Hall–Kier alpha value is -2.09. The number of carbonyl (C=O) groups excluding carboxylic acids is 1. The highest BCUT2D eigenvalue weighted by molar-refractivity contribution is 7.92. The van der Waals surface area contributed by atoms with Crippen LogP contribution in [0.25, 0.3) is 0 Å². The number of amides is 1. The topological polar surface area (TPSA) is 113 Å². The Balaban J connectivity index is 2.17. The predicted octanol–water partition coefficient (Wildman–Crippen LogP) is 1.03. The molecule has 1 aliphatic carbocycles. The summed E-state index contributed by atoms with van der Waals surface area (Å²) in [4.78, 5) is 22.7. The van der Waals surface area contributed by atoms with Gasteiger partial charge in [-0.15, -0.1) is 0 Å². The van der Waals surface area contributed by atoms with E-state index in [9.17, 15) is 18.0 Å². The van der Waals surface area contributed by atoms with Gasteiger partial charge in [0.2, 0.25) is 15.9 Å². The highest BCUT2D eigenvalue weighted by Crippen LogP contribution is 2.40. The molecule has 0 aliphatic heterocycles. The van der Waals surface area contributed by atoms with Gasteiger partial charge >= 0.3 is 5.97 Å². The van der Waals surface area contributed by atoms with Crippen LogP contribution in [0.15, 0.2) is 18.2 Å². The first-order valence-electron chi connectivity index (χ1n) is 6.29. The van der Waals surface area contributed by atoms with Crippen molar-refractivity contribution in [1.82, 2.24) is 0 Å². The fraction of sp³-hybridized carbons (Fsp3) is 0.385. The highest BCUT2D eigenvalue weighted by Gasteiger charge is 2.48. The third kappa shape index (κ3) is 3.94. The van der Waals surface area contributed by atoms with E-state index in [0.29, 0.717) is 12.1 Å². The van der Waals surface area contributed by atoms with Gasteiger partial charge in [-0.05, 0) is 31.0 Å². The molecule has 0 aromatic heterocycles. The van der Waals surface area contributed by atoms with Crippen molar-refractivity contribution < 1.29 is 23.1 Å². The summed E-state index contributed by atoms with van der Waals surface area (Å²) in [6.45, 7) is 1.80. The van der Waals surface area contributed by atoms with Gasteiger partial charge in [-0.25, -0.2) is 8.42 Å². The van der Waals surface area contributed by atoms with Crippen LogP contribution in [-0.4, -0.2) is 31.7 Å². The molecular weight excluding hydrogens is 296 g/mol. The summed E-state index contributed by atoms with van der Waals surface area (Å²) in [5.41, 5.74) is 1.42. The fourth-order valence-corrected chi connectivity index (χ4v) is 2.61. The molecule has 21 heavy (non-hydrogen) atoms. The molecular formula is C13H16N2O5S. The Morgan fingerprint density at radius 2 is 1.90 bits per heavy atom. The summed E-state index contributed by atoms with van der Waals surface area (Å²) in [7, 11) is -3.47. The van der Waals surface area contributed by atoms with Crippen LogP contribution >= 0.6 is 0 Å². The van der Waals surface area contributed by atoms with Crippen LogP contribution in [0.5, 0.6) is 0 Å². The molecule has 1 saturated carbocycles. The lowest BCUT2D eigenvalue weighted by atomic mass is 10.2. The van der Waals surface area contributed by atoms with E-state index in [4.69, 9.17) is 5.11 Å². The van der Waals surface area contributed by atoms with Crippen LogP contribution in [-0.2, 0) is 19.6 Å². The van der Waals surface area contributed by atoms with E-state index in [1.807, 2.05) is 0 Å². The molecule has 0 radical (unpaired) electrons. The van der Waals surface area contributed by atoms with Crippen molar-refractivity contribution in [3.8, 4) is 0 Å². The second kappa shape index (κ2) is 5.36. The van der Waals surface area contributed by atoms with Crippen molar-refractivity contribution in [3.63, 3.8) is 0 Å². The first kappa shape index (κ1) is 15.3. The van der Waals surface area contributed by atoms with Crippen molar-refractivity contribution in [2.45, 2.75) is 13.3 Å². The number of aryl methyl sites for hydroxylation is 1. The Bertz CT molecular complexity index is 699. The van der Waals surface area contributed by atoms with Crippen molar-refractivity contribution in [1.29, 1.82) is 0 Å². The average Bonchev–Trinajstić information content (AvgIpc) is 3.11. The van der Waals surface area contributed by atoms with E-state index in [2.05, 4.69) is 10.0 Å². The summed E-state index contributed by atoms with van der Waals surface area (Å²) in [6, 6.07) is 4.89. The normalized spacial score (nSPS) is 20.7. The Labute approximate surface area is 122 Å². The molecule has 1 fully saturated rings. The number of benzene rings is 1. The molecule has 8 heteroatoms. The zero-order valence-electron chi connectivity index (χ0n) is 11.6. The number of carbonyl (C=O) groups is 2. The smallest absolute Gasteiger partial charge is 0.307 e. The van der Waals surface area contributed by atoms with Crippen molar-refractivity contribution >= 4 is 33.3 Å². The van der Waals surface area contributed by atoms with Crippen molar-refractivity contribution in [3.05, 3.63) is 23.8 Å². The molecule has 7 nitrogen and oxygen atoms in total. The van der Waals surface area contributed by atoms with Gasteiger partial charge in [0.25, 0.3) is 0 Å². The van der Waals surface area contributed by atoms with Gasteiger partial charge in [-0.1, -0.05) is 6.07 Å². The lowest BCUT2D eigenvalue weighted by Gasteiger charge is -2.12. The Morgan fingerprint density at radius 3 is 2.43 bits per heavy atom. The second-order valence-electron chi connectivity index (χ2n) is 5.20. The van der Waals surface area contributed by atoms with E-state index in [1.165, 1.54) is 0 Å². The predicted molar refractivity (Wildman–Crippen MR) is 77.5 cm³/mol. The SMILES string of the molecule is Cc1ccc(NS(C)(=O)=O)c(NC(=O)C2CC2C(=O)O)c1. The fourth-order valence-electron chi connectivity index (χ4n) is 2.03. The molecule has 0 bridgehead atoms. The van der Waals surface area contributed by atoms with Gasteiger partial charge in [0.15, 0.2) is 0 Å². The van der Waals surface area contributed by atoms with Crippen LogP contribution in [0, 0.1) is 18.8 Å². The van der Waals surface area contributed by atoms with Crippen LogP contribution in [0.4, 0.5) is 11.4 Å². The van der Waals surface area contributed by atoms with E-state index in [-0.39, 0.29) is 5.69 Å². The first-order valence-corrected chi connectivity index (χ1v) is 8.18. The molecule has 1 aromatic carbocycles. The lowest BCUT2D eigenvalue weighted by molar-refractivity contribution is -0.139. The zero-order chi connectivity index (χ0) is 15.8. The number of aliphatic carboxylic acids is 1. The molecule has 3 N–H and O–H groups in total. The molecule has 1 aliphatic rings. The summed E-state index contributed by atoms with van der Waals surface area (Å²) in [6.07, 6.45) is 1.32. The molecule has 2 unspecified atom stereocenters. The number of hydrogen-bond acceptors (Lipinski definition) is 4. The summed E-state index contributed by atoms with van der Waals surface area (Å²) < 4.78 is 24.9. The van der Waals surface area contributed by atoms with Crippen molar-refractivity contribution in [2.24, 2.45) is 11.8 Å². The standard InChI is InChI=1S/C13H16N2O5S/c1-7-3-4-10(15-21(2,19)20)11(5-7)14-12(16)8-6-9(8)13(17)18/h3-5,8-9,15H,6H2,1-2H3,(H,14,16)(H,17,18). The molecule has 1 amide bonds. The van der Waals surface area contributed by atoms with Crippen LogP contribution < -0.4 is 10.0 Å². The van der Waals surface area contributed by atoms with Gasteiger partial charge in [0, 0.05) is 0 Å². The Morgan fingerprint density at radius 1 is 1.24 bits per heavy atom. The molecule has 2 atom stereocenters. The molecule has 0 spiro atoms. The third-order valence-electron chi connectivity index (χ3n) is 3.17. The largest absolute Gasteiger partial charge is 0.481 e. The minimum absolute atomic E-state index is 0.254. The number of sulfonamides is 1. The number of hydrogen-bond donors (Lipinski definition) is 3. The van der Waals surface area contributed by atoms with Crippen LogP contribution in [0.3, 0.4) is 0 Å². The molecule has 0 saturated heterocycles. The van der Waals surface area contributed by atoms with E-state index in [0.717, 1.165) is 11.8 Å². The first-order chi connectivity index (χ1) is 9.67. The number of nitrogens with one attached hydrogen (secondary N) is 2. The van der Waals surface area contributed by atoms with Crippen LogP contribution in [0.1, 0.15) is 12.0 Å². The Kier molecular flexibility index (Phi) is 3.91. The highest BCUT2D eigenvalue weighted by atomic mass is 32.2.